The second-order valence-corrected chi connectivity index (χ2v) is 13.2. The van der Waals surface area contributed by atoms with E-state index in [0.29, 0.717) is 11.3 Å². The summed E-state index contributed by atoms with van der Waals surface area (Å²) in [6, 6.07) is 23.0. The third-order valence-electron chi connectivity index (χ3n) is 8.35. The van der Waals surface area contributed by atoms with Crippen molar-refractivity contribution >= 4 is 26.8 Å². The Kier molecular flexibility index (Phi) is 8.71. The molecule has 1 aliphatic rings. The topological polar surface area (TPSA) is 116 Å². The van der Waals surface area contributed by atoms with Gasteiger partial charge in [-0.05, 0) is 48.4 Å². The van der Waals surface area contributed by atoms with Crippen LogP contribution >= 0.6 is 0 Å². The number of rotatable bonds is 6. The molecule has 0 unspecified atom stereocenters. The summed E-state index contributed by atoms with van der Waals surface area (Å²) in [6.07, 6.45) is -0.578. The molecule has 0 radical (unpaired) electrons. The van der Waals surface area contributed by atoms with Gasteiger partial charge in [0.2, 0.25) is 10.0 Å². The molecule has 1 amide bonds. The van der Waals surface area contributed by atoms with Gasteiger partial charge in [-0.3, -0.25) is 4.79 Å². The van der Waals surface area contributed by atoms with E-state index in [4.69, 9.17) is 10.00 Å². The first kappa shape index (κ1) is 30.4. The van der Waals surface area contributed by atoms with Gasteiger partial charge in [0.25, 0.3) is 5.91 Å². The molecule has 2 heterocycles. The van der Waals surface area contributed by atoms with Crippen LogP contribution in [-0.4, -0.2) is 72.1 Å². The fraction of sp³-hybridized carbons (Fsp3) is 0.333. The van der Waals surface area contributed by atoms with E-state index >= 15 is 0 Å². The maximum atomic E-state index is 14.5. The van der Waals surface area contributed by atoms with E-state index in [1.807, 2.05) is 73.1 Å². The number of aromatic nitrogens is 1. The Hall–Kier alpha value is -4.01. The average molecular weight is 601 g/mol. The van der Waals surface area contributed by atoms with Crippen LogP contribution in [0.25, 0.3) is 22.0 Å². The molecule has 10 heteroatoms. The Bertz CT molecular complexity index is 1790. The number of ether oxygens (including phenoxy) is 1. The van der Waals surface area contributed by atoms with Crippen molar-refractivity contribution in [2.24, 2.45) is 13.0 Å². The largest absolute Gasteiger partial charge is 0.394 e. The number of amides is 1. The molecule has 0 spiro atoms. The van der Waals surface area contributed by atoms with Crippen LogP contribution in [0.1, 0.15) is 35.5 Å². The Morgan fingerprint density at radius 1 is 1.09 bits per heavy atom. The van der Waals surface area contributed by atoms with Crippen molar-refractivity contribution in [1.82, 2.24) is 13.8 Å². The molecule has 9 nitrogen and oxygen atoms in total. The van der Waals surface area contributed by atoms with E-state index in [9.17, 15) is 18.3 Å². The molecule has 0 fully saturated rings. The summed E-state index contributed by atoms with van der Waals surface area (Å²) in [5.41, 5.74) is 4.38. The molecule has 1 aromatic heterocycles. The summed E-state index contributed by atoms with van der Waals surface area (Å²) in [5, 5.41) is 20.2. The van der Waals surface area contributed by atoms with Crippen molar-refractivity contribution in [1.29, 1.82) is 5.26 Å². The molecular formula is C33H36N4O5S. The summed E-state index contributed by atoms with van der Waals surface area (Å²) in [7, 11) is -0.494. The van der Waals surface area contributed by atoms with Gasteiger partial charge in [0.15, 0.2) is 0 Å². The lowest BCUT2D eigenvalue weighted by Gasteiger charge is -2.35. The Morgan fingerprint density at radius 3 is 2.47 bits per heavy atom. The lowest BCUT2D eigenvalue weighted by Crippen LogP contribution is -2.48. The van der Waals surface area contributed by atoms with Gasteiger partial charge in [0.05, 0.1) is 41.9 Å². The van der Waals surface area contributed by atoms with Gasteiger partial charge in [0.1, 0.15) is 5.69 Å². The zero-order chi connectivity index (χ0) is 30.9. The van der Waals surface area contributed by atoms with Gasteiger partial charge in [-0.25, -0.2) is 8.42 Å². The first-order valence-electron chi connectivity index (χ1n) is 14.2. The number of aliphatic hydroxyl groups excluding tert-OH is 1. The summed E-state index contributed by atoms with van der Waals surface area (Å²) < 4.78 is 36.6. The predicted octanol–water partition coefficient (Wildman–Crippen LogP) is 4.40. The molecule has 4 aromatic rings. The summed E-state index contributed by atoms with van der Waals surface area (Å²) in [6.45, 7) is 4.00. The van der Waals surface area contributed by atoms with E-state index in [0.717, 1.165) is 27.6 Å². The maximum absolute atomic E-state index is 14.5. The van der Waals surface area contributed by atoms with E-state index < -0.39 is 22.2 Å². The number of hydrogen-bond acceptors (Lipinski definition) is 6. The first-order valence-corrected chi connectivity index (χ1v) is 15.7. The van der Waals surface area contributed by atoms with Gasteiger partial charge in [-0.1, -0.05) is 49.4 Å². The zero-order valence-electron chi connectivity index (χ0n) is 24.8. The van der Waals surface area contributed by atoms with Crippen molar-refractivity contribution in [2.75, 3.05) is 26.7 Å². The van der Waals surface area contributed by atoms with E-state index in [-0.39, 0.29) is 43.0 Å². The number of carbonyl (C=O) groups is 1. The lowest BCUT2D eigenvalue weighted by atomic mass is 9.96. The third-order valence-corrected chi connectivity index (χ3v) is 10.2. The number of nitriles is 1. The molecule has 5 rings (SSSR count). The second kappa shape index (κ2) is 12.3. The number of fused-ring (bicyclic) bond motifs is 5. The Balaban J connectivity index is 1.59. The van der Waals surface area contributed by atoms with Crippen LogP contribution in [-0.2, 0) is 28.4 Å². The number of aryl methyl sites for hydroxylation is 1. The van der Waals surface area contributed by atoms with Crippen molar-refractivity contribution in [3.63, 3.8) is 0 Å². The molecule has 0 saturated heterocycles. The van der Waals surface area contributed by atoms with Gasteiger partial charge in [-0.15, -0.1) is 0 Å². The highest BCUT2D eigenvalue weighted by molar-refractivity contribution is 7.89. The number of carbonyl (C=O) groups excluding carboxylic acids is 1. The number of aliphatic hydroxyl groups is 1. The van der Waals surface area contributed by atoms with Crippen LogP contribution in [0, 0.1) is 17.2 Å². The minimum atomic E-state index is -3.88. The monoisotopic (exact) mass is 600 g/mol. The maximum Gasteiger partial charge on any atom is 0.271 e. The van der Waals surface area contributed by atoms with Crippen LogP contribution in [0.5, 0.6) is 0 Å². The van der Waals surface area contributed by atoms with E-state index in [1.165, 1.54) is 35.6 Å². The molecule has 224 valence electrons. The Morgan fingerprint density at radius 2 is 1.77 bits per heavy atom. The number of hydrogen-bond donors (Lipinski definition) is 1. The van der Waals surface area contributed by atoms with Gasteiger partial charge in [0, 0.05) is 49.6 Å². The number of benzene rings is 3. The molecule has 43 heavy (non-hydrogen) atoms. The first-order chi connectivity index (χ1) is 20.6. The molecule has 0 aliphatic carbocycles. The smallest absolute Gasteiger partial charge is 0.271 e. The zero-order valence-corrected chi connectivity index (χ0v) is 25.6. The van der Waals surface area contributed by atoms with Gasteiger partial charge >= 0.3 is 0 Å². The standard InChI is InChI=1S/C33H36N4O5S/c1-22-18-37(23(2)20-38)33(39)32-31(28-11-7-8-12-29(28)36(32)4)27-10-6-5-9-25(27)21-42-30(22)19-35(3)43(40,41)26-15-13-24(17-34)14-16-26/h5-16,22-23,30,38H,18-21H2,1-4H3/t22-,23+,30-/m1/s1. The number of nitrogens with zero attached hydrogens (tertiary/aromatic N) is 4. The van der Waals surface area contributed by atoms with Gasteiger partial charge < -0.3 is 19.3 Å². The fourth-order valence-corrected chi connectivity index (χ4v) is 6.94. The normalized spacial score (nSPS) is 18.5. The van der Waals surface area contributed by atoms with Crippen molar-refractivity contribution in [2.45, 2.75) is 37.5 Å². The molecule has 0 saturated carbocycles. The van der Waals surface area contributed by atoms with Crippen LogP contribution in [0.4, 0.5) is 0 Å². The second-order valence-electron chi connectivity index (χ2n) is 11.2. The van der Waals surface area contributed by atoms with Crippen LogP contribution in [0.3, 0.4) is 0 Å². The Labute approximate surface area is 252 Å². The molecule has 1 aliphatic heterocycles. The molecular weight excluding hydrogens is 564 g/mol. The highest BCUT2D eigenvalue weighted by Gasteiger charge is 2.34. The highest BCUT2D eigenvalue weighted by Crippen LogP contribution is 2.38. The van der Waals surface area contributed by atoms with Gasteiger partial charge in [-0.2, -0.15) is 9.57 Å². The number of para-hydroxylation sites is 1. The predicted molar refractivity (Wildman–Crippen MR) is 165 cm³/mol. The van der Waals surface area contributed by atoms with Crippen LogP contribution in [0.2, 0.25) is 0 Å². The minimum Gasteiger partial charge on any atom is -0.394 e. The third kappa shape index (κ3) is 5.69. The lowest BCUT2D eigenvalue weighted by molar-refractivity contribution is -0.0147. The summed E-state index contributed by atoms with van der Waals surface area (Å²) >= 11 is 0. The molecule has 1 N–H and O–H groups in total. The SMILES string of the molecule is C[C@@H]1CN([C@@H](C)CO)C(=O)c2c(c3ccccc3n2C)-c2ccccc2CO[C@@H]1CN(C)S(=O)(=O)c1ccc(C#N)cc1. The van der Waals surface area contributed by atoms with Crippen molar-refractivity contribution in [3.05, 3.63) is 89.6 Å². The van der Waals surface area contributed by atoms with Crippen LogP contribution in [0.15, 0.2) is 77.7 Å². The van der Waals surface area contributed by atoms with Crippen molar-refractivity contribution in [3.8, 4) is 17.2 Å². The average Bonchev–Trinajstić information content (AvgIpc) is 3.31. The van der Waals surface area contributed by atoms with E-state index in [1.54, 1.807) is 11.8 Å². The molecule has 3 atom stereocenters. The summed E-state index contributed by atoms with van der Waals surface area (Å²) in [5.74, 6) is -0.504. The minimum absolute atomic E-state index is 0.0388. The molecule has 3 aromatic carbocycles. The quantitative estimate of drug-likeness (QED) is 0.351. The highest BCUT2D eigenvalue weighted by atomic mass is 32.2. The van der Waals surface area contributed by atoms with Crippen molar-refractivity contribution < 1.29 is 23.1 Å². The van der Waals surface area contributed by atoms with E-state index in [2.05, 4.69) is 0 Å². The number of sulfonamides is 1. The summed E-state index contributed by atoms with van der Waals surface area (Å²) in [4.78, 5) is 16.2. The molecule has 0 bridgehead atoms. The van der Waals surface area contributed by atoms with Crippen LogP contribution < -0.4 is 0 Å². The number of likely N-dealkylation sites (N-methyl/N-ethyl adjacent to an activating group) is 1. The fourth-order valence-electron chi connectivity index (χ4n) is 5.76.